The van der Waals surface area contributed by atoms with Crippen molar-refractivity contribution >= 4 is 23.6 Å². The van der Waals surface area contributed by atoms with Gasteiger partial charge in [0.2, 0.25) is 5.90 Å². The fourth-order valence-corrected chi connectivity index (χ4v) is 5.11. The monoisotopic (exact) mass is 592 g/mol. The van der Waals surface area contributed by atoms with E-state index in [0.717, 1.165) is 28.2 Å². The van der Waals surface area contributed by atoms with Crippen molar-refractivity contribution in [1.82, 2.24) is 10.9 Å². The average molecular weight is 593 g/mol. The number of benzene rings is 3. The van der Waals surface area contributed by atoms with Crippen molar-refractivity contribution in [1.29, 1.82) is 0 Å². The second-order valence-electron chi connectivity index (χ2n) is 9.58. The number of carbonyl (C=O) groups excluding carboxylic acids is 1. The van der Waals surface area contributed by atoms with Crippen LogP contribution in [0.15, 0.2) is 82.9 Å². The van der Waals surface area contributed by atoms with Crippen molar-refractivity contribution < 1.29 is 23.8 Å². The standard InChI is InChI=1S/C30H33FN6O4S/c31-26-10-6-22(7-11-26)20-42-17-14-33-36-29(39)30(18-24-4-1-2-5-25(24)19-34-37-32)21-41-28(35-30)23-8-12-27(13-9-23)40-16-3-15-38/h1-2,4-13,33,38H,3,14-21H2,(H,36,39)/t30-/m0/s1. The first-order valence-corrected chi connectivity index (χ1v) is 14.7. The molecule has 0 spiro atoms. The molecule has 220 valence electrons. The van der Waals surface area contributed by atoms with Crippen molar-refractivity contribution in [2.75, 3.05) is 32.1 Å². The van der Waals surface area contributed by atoms with Crippen LogP contribution in [0.5, 0.6) is 5.75 Å². The minimum Gasteiger partial charge on any atom is -0.494 e. The number of hydrogen-bond donors (Lipinski definition) is 3. The Balaban J connectivity index is 1.44. The number of nitrogens with one attached hydrogen (secondary N) is 2. The number of nitrogens with zero attached hydrogens (tertiary/aromatic N) is 4. The van der Waals surface area contributed by atoms with Crippen LogP contribution < -0.4 is 15.6 Å². The molecule has 0 fully saturated rings. The first-order valence-electron chi connectivity index (χ1n) is 13.5. The Morgan fingerprint density at radius 3 is 2.64 bits per heavy atom. The van der Waals surface area contributed by atoms with Crippen molar-refractivity contribution in [3.05, 3.63) is 111 Å². The smallest absolute Gasteiger partial charge is 0.266 e. The number of hydrogen-bond acceptors (Lipinski definition) is 8. The maximum atomic E-state index is 13.6. The van der Waals surface area contributed by atoms with Gasteiger partial charge >= 0.3 is 0 Å². The van der Waals surface area contributed by atoms with Gasteiger partial charge in [0.1, 0.15) is 18.2 Å². The minimum absolute atomic E-state index is 0.0275. The number of ether oxygens (including phenoxy) is 2. The van der Waals surface area contributed by atoms with E-state index in [9.17, 15) is 9.18 Å². The summed E-state index contributed by atoms with van der Waals surface area (Å²) in [5.74, 6) is 1.84. The van der Waals surface area contributed by atoms with Crippen LogP contribution in [0.4, 0.5) is 4.39 Å². The fourth-order valence-electron chi connectivity index (χ4n) is 4.29. The highest BCUT2D eigenvalue weighted by Crippen LogP contribution is 2.29. The van der Waals surface area contributed by atoms with Gasteiger partial charge in [0.05, 0.1) is 13.2 Å². The molecule has 0 saturated heterocycles. The van der Waals surface area contributed by atoms with E-state index in [1.54, 1.807) is 36.0 Å². The number of hydrazine groups is 1. The van der Waals surface area contributed by atoms with Gasteiger partial charge in [-0.25, -0.2) is 14.8 Å². The highest BCUT2D eigenvalue weighted by Gasteiger charge is 2.45. The minimum atomic E-state index is -1.26. The van der Waals surface area contributed by atoms with Gasteiger partial charge in [0.25, 0.3) is 5.91 Å². The third kappa shape index (κ3) is 8.70. The van der Waals surface area contributed by atoms with E-state index in [0.29, 0.717) is 36.8 Å². The van der Waals surface area contributed by atoms with Gasteiger partial charge in [-0.1, -0.05) is 41.5 Å². The van der Waals surface area contributed by atoms with E-state index in [-0.39, 0.29) is 37.9 Å². The van der Waals surface area contributed by atoms with E-state index >= 15 is 0 Å². The number of carbonyl (C=O) groups is 1. The Hall–Kier alpha value is -4.09. The van der Waals surface area contributed by atoms with Crippen molar-refractivity contribution in [3.63, 3.8) is 0 Å². The molecule has 0 bridgehead atoms. The summed E-state index contributed by atoms with van der Waals surface area (Å²) in [7, 11) is 0. The average Bonchev–Trinajstić information content (AvgIpc) is 3.45. The van der Waals surface area contributed by atoms with Crippen LogP contribution in [0.1, 0.15) is 28.7 Å². The molecule has 3 aromatic carbocycles. The fraction of sp³-hybridized carbons (Fsp3) is 0.333. The quantitative estimate of drug-likeness (QED) is 0.0724. The van der Waals surface area contributed by atoms with Gasteiger partial charge in [-0.3, -0.25) is 10.2 Å². The van der Waals surface area contributed by atoms with Crippen LogP contribution in [0, 0.1) is 5.82 Å². The number of aliphatic imine (C=N–C) groups is 1. The molecule has 10 nitrogen and oxygen atoms in total. The van der Waals surface area contributed by atoms with Gasteiger partial charge < -0.3 is 14.6 Å². The summed E-state index contributed by atoms with van der Waals surface area (Å²) in [5.41, 5.74) is 16.7. The Morgan fingerprint density at radius 2 is 1.90 bits per heavy atom. The van der Waals surface area contributed by atoms with E-state index in [4.69, 9.17) is 25.1 Å². The van der Waals surface area contributed by atoms with E-state index in [1.165, 1.54) is 12.1 Å². The molecule has 1 atom stereocenters. The Labute approximate surface area is 247 Å². The maximum Gasteiger partial charge on any atom is 0.266 e. The van der Waals surface area contributed by atoms with Gasteiger partial charge in [-0.15, -0.1) is 0 Å². The highest BCUT2D eigenvalue weighted by atomic mass is 32.2. The maximum absolute atomic E-state index is 13.6. The molecule has 4 rings (SSSR count). The third-order valence-electron chi connectivity index (χ3n) is 6.52. The predicted molar refractivity (Wildman–Crippen MR) is 161 cm³/mol. The molecule has 0 unspecified atom stereocenters. The Morgan fingerprint density at radius 1 is 1.14 bits per heavy atom. The predicted octanol–water partition coefficient (Wildman–Crippen LogP) is 4.71. The summed E-state index contributed by atoms with van der Waals surface area (Å²) in [5, 5.41) is 12.7. The zero-order chi connectivity index (χ0) is 29.6. The molecule has 0 saturated carbocycles. The summed E-state index contributed by atoms with van der Waals surface area (Å²) in [6.45, 7) is 1.16. The van der Waals surface area contributed by atoms with Crippen LogP contribution >= 0.6 is 11.8 Å². The zero-order valence-electron chi connectivity index (χ0n) is 23.0. The van der Waals surface area contributed by atoms with Crippen LogP contribution in [0.2, 0.25) is 0 Å². The second-order valence-corrected chi connectivity index (χ2v) is 10.7. The molecule has 3 N–H and O–H groups in total. The number of azide groups is 1. The lowest BCUT2D eigenvalue weighted by Crippen LogP contribution is -2.53. The Kier molecular flexibility index (Phi) is 11.6. The highest BCUT2D eigenvalue weighted by molar-refractivity contribution is 7.98. The lowest BCUT2D eigenvalue weighted by atomic mass is 9.89. The number of aliphatic hydroxyl groups excluding tert-OH is 1. The van der Waals surface area contributed by atoms with Gasteiger partial charge in [0, 0.05) is 48.0 Å². The molecule has 3 aromatic rings. The molecule has 12 heteroatoms. The lowest BCUT2D eigenvalue weighted by molar-refractivity contribution is -0.127. The van der Waals surface area contributed by atoms with Crippen molar-refractivity contribution in [3.8, 4) is 5.75 Å². The number of halogens is 1. The molecule has 0 aliphatic carbocycles. The molecule has 0 radical (unpaired) electrons. The zero-order valence-corrected chi connectivity index (χ0v) is 23.9. The number of thioether (sulfide) groups is 1. The SMILES string of the molecule is [N-]=[N+]=NCc1ccccc1C[C@@]1(C(=O)NNCCSCc2ccc(F)cc2)COC(c2ccc(OCCCO)cc2)=N1. The first-order chi connectivity index (χ1) is 20.5. The van der Waals surface area contributed by atoms with Gasteiger partial charge in [-0.05, 0) is 58.6 Å². The van der Waals surface area contributed by atoms with Crippen molar-refractivity contribution in [2.24, 2.45) is 10.1 Å². The van der Waals surface area contributed by atoms with E-state index in [1.807, 2.05) is 36.4 Å². The van der Waals surface area contributed by atoms with Crippen molar-refractivity contribution in [2.45, 2.75) is 30.7 Å². The topological polar surface area (TPSA) is 141 Å². The molecular weight excluding hydrogens is 559 g/mol. The number of rotatable bonds is 16. The first kappa shape index (κ1) is 30.9. The molecule has 0 aromatic heterocycles. The second kappa shape index (κ2) is 15.8. The Bertz CT molecular complexity index is 1400. The molecule has 1 heterocycles. The molecule has 42 heavy (non-hydrogen) atoms. The number of aliphatic hydroxyl groups is 1. The molecule has 1 aliphatic rings. The molecule has 1 amide bonds. The summed E-state index contributed by atoms with van der Waals surface area (Å²) in [4.78, 5) is 21.3. The summed E-state index contributed by atoms with van der Waals surface area (Å²) in [6.07, 6.45) is 0.778. The lowest BCUT2D eigenvalue weighted by Gasteiger charge is -2.24. The largest absolute Gasteiger partial charge is 0.494 e. The van der Waals surface area contributed by atoms with Crippen LogP contribution in [0.3, 0.4) is 0 Å². The summed E-state index contributed by atoms with van der Waals surface area (Å²) < 4.78 is 24.7. The normalized spacial score (nSPS) is 15.8. The van der Waals surface area contributed by atoms with Crippen LogP contribution in [-0.4, -0.2) is 54.6 Å². The van der Waals surface area contributed by atoms with Gasteiger partial charge in [-0.2, -0.15) is 11.8 Å². The molecular formula is C30H33FN6O4S. The summed E-state index contributed by atoms with van der Waals surface area (Å²) >= 11 is 1.66. The van der Waals surface area contributed by atoms with E-state index < -0.39 is 5.54 Å². The van der Waals surface area contributed by atoms with Gasteiger partial charge in [0.15, 0.2) is 5.54 Å². The summed E-state index contributed by atoms with van der Waals surface area (Å²) in [6, 6.07) is 21.1. The number of amides is 1. The van der Waals surface area contributed by atoms with Crippen LogP contribution in [-0.2, 0) is 28.2 Å². The molecule has 1 aliphatic heterocycles. The van der Waals surface area contributed by atoms with E-state index in [2.05, 4.69) is 20.9 Å². The third-order valence-corrected chi connectivity index (χ3v) is 7.55. The van der Waals surface area contributed by atoms with Crippen LogP contribution in [0.25, 0.3) is 10.4 Å².